The highest BCUT2D eigenvalue weighted by molar-refractivity contribution is 5.93. The Labute approximate surface area is 84.7 Å². The molecule has 0 heterocycles. The number of nitrogens with one attached hydrogen (secondary N) is 1. The Morgan fingerprint density at radius 1 is 1.47 bits per heavy atom. The van der Waals surface area contributed by atoms with Crippen molar-refractivity contribution in [3.05, 3.63) is 29.8 Å². The lowest BCUT2D eigenvalue weighted by molar-refractivity contribution is -0.0499. The monoisotopic (exact) mass is 217 g/mol. The number of rotatable bonds is 4. The number of amides is 1. The van der Waals surface area contributed by atoms with Crippen LogP contribution in [0.3, 0.4) is 0 Å². The molecule has 0 saturated carbocycles. The van der Waals surface area contributed by atoms with Crippen LogP contribution in [-0.4, -0.2) is 19.6 Å². The number of hydroxylamine groups is 1. The highest BCUT2D eigenvalue weighted by atomic mass is 19.3. The van der Waals surface area contributed by atoms with Gasteiger partial charge in [0.25, 0.3) is 5.91 Å². The first-order valence-corrected chi connectivity index (χ1v) is 4.01. The molecule has 0 spiro atoms. The fourth-order valence-corrected chi connectivity index (χ4v) is 0.965. The number of carbonyl (C=O) groups excluding carboxylic acids is 1. The van der Waals surface area contributed by atoms with E-state index in [1.54, 1.807) is 0 Å². The first-order chi connectivity index (χ1) is 7.13. The minimum absolute atomic E-state index is 0.0752. The van der Waals surface area contributed by atoms with E-state index < -0.39 is 12.5 Å². The van der Waals surface area contributed by atoms with E-state index in [0.29, 0.717) is 0 Å². The van der Waals surface area contributed by atoms with Crippen molar-refractivity contribution < 1.29 is 23.1 Å². The van der Waals surface area contributed by atoms with Gasteiger partial charge < -0.3 is 4.74 Å². The second kappa shape index (κ2) is 5.26. The Kier molecular flexibility index (Phi) is 3.99. The molecule has 1 aromatic carbocycles. The maximum atomic E-state index is 11.9. The second-order valence-electron chi connectivity index (χ2n) is 2.54. The smallest absolute Gasteiger partial charge is 0.387 e. The summed E-state index contributed by atoms with van der Waals surface area (Å²) in [4.78, 5) is 15.6. The van der Waals surface area contributed by atoms with Crippen molar-refractivity contribution in [2.75, 3.05) is 7.11 Å². The Balaban J connectivity index is 2.78. The SMILES string of the molecule is CONC(=O)c1cccc(OC(F)F)c1. The van der Waals surface area contributed by atoms with Crippen LogP contribution in [0.1, 0.15) is 10.4 Å². The van der Waals surface area contributed by atoms with Crippen LogP contribution in [-0.2, 0) is 4.84 Å². The van der Waals surface area contributed by atoms with Crippen molar-refractivity contribution in [1.82, 2.24) is 5.48 Å². The van der Waals surface area contributed by atoms with E-state index in [9.17, 15) is 13.6 Å². The minimum Gasteiger partial charge on any atom is -0.435 e. The fourth-order valence-electron chi connectivity index (χ4n) is 0.965. The first kappa shape index (κ1) is 11.4. The van der Waals surface area contributed by atoms with Gasteiger partial charge >= 0.3 is 6.61 Å². The van der Waals surface area contributed by atoms with Gasteiger partial charge in [0.15, 0.2) is 0 Å². The number of ether oxygens (including phenoxy) is 1. The molecule has 82 valence electrons. The lowest BCUT2D eigenvalue weighted by Crippen LogP contribution is -2.21. The molecule has 0 aliphatic rings. The molecule has 0 fully saturated rings. The minimum atomic E-state index is -2.91. The molecular weight excluding hydrogens is 208 g/mol. The molecule has 1 aromatic rings. The van der Waals surface area contributed by atoms with Crippen LogP contribution >= 0.6 is 0 Å². The van der Waals surface area contributed by atoms with Gasteiger partial charge in [0.1, 0.15) is 5.75 Å². The summed E-state index contributed by atoms with van der Waals surface area (Å²) in [5.41, 5.74) is 2.24. The standard InChI is InChI=1S/C9H9F2NO3/c1-14-12-8(13)6-3-2-4-7(5-6)15-9(10)11/h2-5,9H,1H3,(H,12,13). The van der Waals surface area contributed by atoms with E-state index in [-0.39, 0.29) is 11.3 Å². The van der Waals surface area contributed by atoms with Crippen molar-refractivity contribution in [2.24, 2.45) is 0 Å². The van der Waals surface area contributed by atoms with Crippen molar-refractivity contribution in [2.45, 2.75) is 6.61 Å². The summed E-state index contributed by atoms with van der Waals surface area (Å²) >= 11 is 0. The number of benzene rings is 1. The second-order valence-corrected chi connectivity index (χ2v) is 2.54. The van der Waals surface area contributed by atoms with Gasteiger partial charge in [-0.15, -0.1) is 0 Å². The third kappa shape index (κ3) is 3.51. The first-order valence-electron chi connectivity index (χ1n) is 4.01. The molecule has 15 heavy (non-hydrogen) atoms. The van der Waals surface area contributed by atoms with Crippen LogP contribution in [0.5, 0.6) is 5.75 Å². The van der Waals surface area contributed by atoms with Crippen molar-refractivity contribution in [1.29, 1.82) is 0 Å². The van der Waals surface area contributed by atoms with Crippen molar-refractivity contribution >= 4 is 5.91 Å². The third-order valence-corrected chi connectivity index (χ3v) is 1.52. The van der Waals surface area contributed by atoms with Gasteiger partial charge in [-0.25, -0.2) is 5.48 Å². The maximum Gasteiger partial charge on any atom is 0.387 e. The van der Waals surface area contributed by atoms with Gasteiger partial charge in [0.05, 0.1) is 7.11 Å². The molecule has 0 unspecified atom stereocenters. The summed E-state index contributed by atoms with van der Waals surface area (Å²) in [6.45, 7) is -2.91. The summed E-state index contributed by atoms with van der Waals surface area (Å²) in [6, 6.07) is 5.41. The van der Waals surface area contributed by atoms with E-state index in [0.717, 1.165) is 0 Å². The van der Waals surface area contributed by atoms with E-state index in [1.807, 2.05) is 0 Å². The summed E-state index contributed by atoms with van der Waals surface area (Å²) < 4.78 is 27.8. The molecule has 0 saturated heterocycles. The molecule has 1 rings (SSSR count). The highest BCUT2D eigenvalue weighted by Gasteiger charge is 2.08. The van der Waals surface area contributed by atoms with Gasteiger partial charge in [0.2, 0.25) is 0 Å². The summed E-state index contributed by atoms with van der Waals surface area (Å²) in [6.07, 6.45) is 0. The maximum absolute atomic E-state index is 11.9. The van der Waals surface area contributed by atoms with Crippen molar-refractivity contribution in [3.8, 4) is 5.75 Å². The topological polar surface area (TPSA) is 47.6 Å². The third-order valence-electron chi connectivity index (χ3n) is 1.52. The van der Waals surface area contributed by atoms with Gasteiger partial charge in [-0.05, 0) is 18.2 Å². The zero-order chi connectivity index (χ0) is 11.3. The van der Waals surface area contributed by atoms with Crippen LogP contribution in [0.15, 0.2) is 24.3 Å². The lowest BCUT2D eigenvalue weighted by Gasteiger charge is -2.06. The summed E-state index contributed by atoms with van der Waals surface area (Å²) in [7, 11) is 1.28. The molecular formula is C9H9F2NO3. The molecule has 6 heteroatoms. The van der Waals surface area contributed by atoms with Crippen LogP contribution in [0, 0.1) is 0 Å². The van der Waals surface area contributed by atoms with Crippen LogP contribution < -0.4 is 10.2 Å². The predicted octanol–water partition coefficient (Wildman–Crippen LogP) is 1.58. The van der Waals surface area contributed by atoms with Crippen LogP contribution in [0.2, 0.25) is 0 Å². The number of carbonyl (C=O) groups is 1. The lowest BCUT2D eigenvalue weighted by atomic mass is 10.2. The van der Waals surface area contributed by atoms with Crippen LogP contribution in [0.25, 0.3) is 0 Å². The van der Waals surface area contributed by atoms with E-state index in [1.165, 1.54) is 31.4 Å². The van der Waals surface area contributed by atoms with Crippen LogP contribution in [0.4, 0.5) is 8.78 Å². The van der Waals surface area contributed by atoms with Gasteiger partial charge in [-0.3, -0.25) is 9.63 Å². The molecule has 1 N–H and O–H groups in total. The Hall–Kier alpha value is -1.69. The number of hydrogen-bond donors (Lipinski definition) is 1. The van der Waals surface area contributed by atoms with Gasteiger partial charge in [-0.2, -0.15) is 8.78 Å². The summed E-state index contributed by atoms with van der Waals surface area (Å²) in [5.74, 6) is -0.606. The zero-order valence-corrected chi connectivity index (χ0v) is 7.87. The predicted molar refractivity (Wildman–Crippen MR) is 47.5 cm³/mol. The number of halogens is 2. The fraction of sp³-hybridized carbons (Fsp3) is 0.222. The average molecular weight is 217 g/mol. The van der Waals surface area contributed by atoms with Gasteiger partial charge in [-0.1, -0.05) is 6.07 Å². The number of alkyl halides is 2. The quantitative estimate of drug-likeness (QED) is 0.779. The largest absolute Gasteiger partial charge is 0.435 e. The Bertz CT molecular complexity index is 344. The molecule has 0 bridgehead atoms. The van der Waals surface area contributed by atoms with Gasteiger partial charge in [0, 0.05) is 5.56 Å². The normalized spacial score (nSPS) is 10.1. The Morgan fingerprint density at radius 2 is 2.20 bits per heavy atom. The number of hydrogen-bond acceptors (Lipinski definition) is 3. The Morgan fingerprint density at radius 3 is 2.80 bits per heavy atom. The zero-order valence-electron chi connectivity index (χ0n) is 7.87. The van der Waals surface area contributed by atoms with Crippen molar-refractivity contribution in [3.63, 3.8) is 0 Å². The molecule has 4 nitrogen and oxygen atoms in total. The molecule has 0 aliphatic heterocycles. The molecule has 0 radical (unpaired) electrons. The molecule has 0 aliphatic carbocycles. The average Bonchev–Trinajstić information content (AvgIpc) is 2.17. The molecule has 1 amide bonds. The highest BCUT2D eigenvalue weighted by Crippen LogP contribution is 2.15. The van der Waals surface area contributed by atoms with E-state index in [2.05, 4.69) is 15.1 Å². The van der Waals surface area contributed by atoms with E-state index >= 15 is 0 Å². The molecule has 0 aromatic heterocycles. The molecule has 0 atom stereocenters. The summed E-state index contributed by atoms with van der Waals surface area (Å²) in [5, 5.41) is 0. The van der Waals surface area contributed by atoms with E-state index in [4.69, 9.17) is 0 Å².